The molecule has 0 radical (unpaired) electrons. The van der Waals surface area contributed by atoms with Crippen LogP contribution in [0.5, 0.6) is 0 Å². The first-order chi connectivity index (χ1) is 11.4. The molecule has 0 spiro atoms. The summed E-state index contributed by atoms with van der Waals surface area (Å²) >= 11 is 1.20. The predicted octanol–water partition coefficient (Wildman–Crippen LogP) is 4.78. The molecule has 0 saturated carbocycles. The van der Waals surface area contributed by atoms with Gasteiger partial charge in [-0.3, -0.25) is 9.59 Å². The molecule has 0 aromatic heterocycles. The highest BCUT2D eigenvalue weighted by atomic mass is 32.2. The van der Waals surface area contributed by atoms with Crippen molar-refractivity contribution < 1.29 is 14.0 Å². The maximum absolute atomic E-state index is 13.7. The van der Waals surface area contributed by atoms with E-state index in [4.69, 9.17) is 0 Å². The van der Waals surface area contributed by atoms with E-state index in [1.807, 2.05) is 13.8 Å². The summed E-state index contributed by atoms with van der Waals surface area (Å²) in [7, 11) is 0. The van der Waals surface area contributed by atoms with E-state index < -0.39 is 5.25 Å². The highest BCUT2D eigenvalue weighted by Crippen LogP contribution is 2.28. The SMILES string of the molecule is CC(C)C(=O)Nc1ccc(C(=O)[C@H](C)Sc2ccccc2F)cc1. The highest BCUT2D eigenvalue weighted by molar-refractivity contribution is 8.00. The van der Waals surface area contributed by atoms with Crippen LogP contribution in [0.2, 0.25) is 0 Å². The highest BCUT2D eigenvalue weighted by Gasteiger charge is 2.18. The molecule has 0 bridgehead atoms. The molecule has 0 fully saturated rings. The third-order valence-electron chi connectivity index (χ3n) is 3.47. The van der Waals surface area contributed by atoms with Crippen molar-refractivity contribution in [2.24, 2.45) is 5.92 Å². The molecule has 126 valence electrons. The van der Waals surface area contributed by atoms with E-state index in [0.29, 0.717) is 16.1 Å². The normalized spacial score (nSPS) is 12.0. The summed E-state index contributed by atoms with van der Waals surface area (Å²) in [5.74, 6) is -0.583. The van der Waals surface area contributed by atoms with Gasteiger partial charge >= 0.3 is 0 Å². The first-order valence-corrected chi connectivity index (χ1v) is 8.62. The lowest BCUT2D eigenvalue weighted by Crippen LogP contribution is -2.18. The van der Waals surface area contributed by atoms with Gasteiger partial charge in [0.05, 0.1) is 5.25 Å². The molecule has 0 aliphatic rings. The van der Waals surface area contributed by atoms with Crippen LogP contribution in [-0.2, 0) is 4.79 Å². The zero-order chi connectivity index (χ0) is 17.7. The molecule has 0 unspecified atom stereocenters. The molecule has 2 aromatic rings. The molecule has 0 aliphatic heterocycles. The second kappa shape index (κ2) is 8.11. The van der Waals surface area contributed by atoms with Gasteiger partial charge in [0.2, 0.25) is 5.91 Å². The number of benzene rings is 2. The topological polar surface area (TPSA) is 46.2 Å². The zero-order valence-corrected chi connectivity index (χ0v) is 14.7. The Bertz CT molecular complexity index is 728. The average molecular weight is 345 g/mol. The van der Waals surface area contributed by atoms with Crippen molar-refractivity contribution in [2.75, 3.05) is 5.32 Å². The van der Waals surface area contributed by atoms with Crippen molar-refractivity contribution in [1.29, 1.82) is 0 Å². The van der Waals surface area contributed by atoms with Crippen LogP contribution in [0.15, 0.2) is 53.4 Å². The quantitative estimate of drug-likeness (QED) is 0.605. The fraction of sp³-hybridized carbons (Fsp3) is 0.263. The van der Waals surface area contributed by atoms with E-state index in [2.05, 4.69) is 5.32 Å². The number of carbonyl (C=O) groups is 2. The predicted molar refractivity (Wildman–Crippen MR) is 96.0 cm³/mol. The number of ketones is 1. The Hall–Kier alpha value is -2.14. The van der Waals surface area contributed by atoms with Gasteiger partial charge in [-0.05, 0) is 43.3 Å². The first kappa shape index (κ1) is 18.2. The number of anilines is 1. The molecule has 5 heteroatoms. The molecule has 0 aliphatic carbocycles. The summed E-state index contributed by atoms with van der Waals surface area (Å²) in [5.41, 5.74) is 1.19. The smallest absolute Gasteiger partial charge is 0.226 e. The van der Waals surface area contributed by atoms with Crippen molar-refractivity contribution in [3.8, 4) is 0 Å². The van der Waals surface area contributed by atoms with Crippen molar-refractivity contribution in [3.05, 3.63) is 59.9 Å². The Balaban J connectivity index is 2.04. The fourth-order valence-electron chi connectivity index (χ4n) is 2.02. The number of hydrogen-bond donors (Lipinski definition) is 1. The van der Waals surface area contributed by atoms with Gasteiger partial charge < -0.3 is 5.32 Å². The van der Waals surface area contributed by atoms with Crippen LogP contribution >= 0.6 is 11.8 Å². The van der Waals surface area contributed by atoms with E-state index in [1.54, 1.807) is 49.4 Å². The number of Topliss-reactive ketones (excluding diaryl/α,β-unsaturated/α-hetero) is 1. The molecule has 0 saturated heterocycles. The van der Waals surface area contributed by atoms with E-state index in [1.165, 1.54) is 17.8 Å². The average Bonchev–Trinajstić information content (AvgIpc) is 2.56. The van der Waals surface area contributed by atoms with Crippen molar-refractivity contribution in [1.82, 2.24) is 0 Å². The number of halogens is 1. The van der Waals surface area contributed by atoms with Crippen molar-refractivity contribution in [3.63, 3.8) is 0 Å². The molecular formula is C19H20FNO2S. The van der Waals surface area contributed by atoms with E-state index >= 15 is 0 Å². The number of thioether (sulfide) groups is 1. The van der Waals surface area contributed by atoms with Crippen LogP contribution in [0.4, 0.5) is 10.1 Å². The van der Waals surface area contributed by atoms with Gasteiger partial charge in [-0.2, -0.15) is 0 Å². The molecule has 2 aromatic carbocycles. The third kappa shape index (κ3) is 4.68. The van der Waals surface area contributed by atoms with Crippen molar-refractivity contribution >= 4 is 29.1 Å². The Labute approximate surface area is 145 Å². The summed E-state index contributed by atoms with van der Waals surface area (Å²) in [6.07, 6.45) is 0. The number of nitrogens with one attached hydrogen (secondary N) is 1. The van der Waals surface area contributed by atoms with Gasteiger partial charge in [-0.15, -0.1) is 11.8 Å². The van der Waals surface area contributed by atoms with E-state index in [9.17, 15) is 14.0 Å². The van der Waals surface area contributed by atoms with Crippen LogP contribution in [0.1, 0.15) is 31.1 Å². The first-order valence-electron chi connectivity index (χ1n) is 7.75. The number of amides is 1. The molecule has 24 heavy (non-hydrogen) atoms. The Morgan fingerprint density at radius 3 is 2.21 bits per heavy atom. The molecule has 1 N–H and O–H groups in total. The number of hydrogen-bond acceptors (Lipinski definition) is 3. The van der Waals surface area contributed by atoms with Crippen LogP contribution in [-0.4, -0.2) is 16.9 Å². The second-order valence-corrected chi connectivity index (χ2v) is 7.16. The van der Waals surface area contributed by atoms with Gasteiger partial charge in [-0.25, -0.2) is 4.39 Å². The van der Waals surface area contributed by atoms with Gasteiger partial charge in [0, 0.05) is 22.1 Å². The standard InChI is InChI=1S/C19H20FNO2S/c1-12(2)19(23)21-15-10-8-14(9-11-15)18(22)13(3)24-17-7-5-4-6-16(17)20/h4-13H,1-3H3,(H,21,23)/t13-/m0/s1. The molecule has 2 rings (SSSR count). The Morgan fingerprint density at radius 1 is 1.00 bits per heavy atom. The minimum Gasteiger partial charge on any atom is -0.326 e. The molecule has 3 nitrogen and oxygen atoms in total. The minimum atomic E-state index is -0.405. The molecular weight excluding hydrogens is 325 g/mol. The maximum Gasteiger partial charge on any atom is 0.226 e. The van der Waals surface area contributed by atoms with Gasteiger partial charge in [0.15, 0.2) is 5.78 Å². The van der Waals surface area contributed by atoms with Gasteiger partial charge in [-0.1, -0.05) is 26.0 Å². The van der Waals surface area contributed by atoms with Crippen molar-refractivity contribution in [2.45, 2.75) is 30.9 Å². The fourth-order valence-corrected chi connectivity index (χ4v) is 2.99. The van der Waals surface area contributed by atoms with Crippen LogP contribution in [0, 0.1) is 11.7 Å². The minimum absolute atomic E-state index is 0.0717. The molecule has 1 atom stereocenters. The zero-order valence-electron chi connectivity index (χ0n) is 13.9. The third-order valence-corrected chi connectivity index (χ3v) is 4.62. The lowest BCUT2D eigenvalue weighted by atomic mass is 10.1. The largest absolute Gasteiger partial charge is 0.326 e. The Kier molecular flexibility index (Phi) is 6.15. The van der Waals surface area contributed by atoms with E-state index in [-0.39, 0.29) is 23.4 Å². The summed E-state index contributed by atoms with van der Waals surface area (Å²) in [4.78, 5) is 24.6. The summed E-state index contributed by atoms with van der Waals surface area (Å²) in [5, 5.41) is 2.37. The van der Waals surface area contributed by atoms with E-state index in [0.717, 1.165) is 0 Å². The maximum atomic E-state index is 13.7. The molecule has 0 heterocycles. The Morgan fingerprint density at radius 2 is 1.62 bits per heavy atom. The molecule has 1 amide bonds. The summed E-state index contributed by atoms with van der Waals surface area (Å²) in [6, 6.07) is 13.2. The van der Waals surface area contributed by atoms with Gasteiger partial charge in [0.25, 0.3) is 0 Å². The number of carbonyl (C=O) groups excluding carboxylic acids is 2. The van der Waals surface area contributed by atoms with Gasteiger partial charge in [0.1, 0.15) is 5.82 Å². The lowest BCUT2D eigenvalue weighted by molar-refractivity contribution is -0.118. The monoisotopic (exact) mass is 345 g/mol. The second-order valence-electron chi connectivity index (χ2n) is 5.78. The summed E-state index contributed by atoms with van der Waals surface area (Å²) < 4.78 is 13.7. The van der Waals surface area contributed by atoms with Crippen LogP contribution in [0.25, 0.3) is 0 Å². The van der Waals surface area contributed by atoms with Crippen LogP contribution < -0.4 is 5.32 Å². The lowest BCUT2D eigenvalue weighted by Gasteiger charge is -2.12. The van der Waals surface area contributed by atoms with Crippen LogP contribution in [0.3, 0.4) is 0 Å². The summed E-state index contributed by atoms with van der Waals surface area (Å²) in [6.45, 7) is 5.39. The number of rotatable bonds is 6.